The minimum absolute atomic E-state index is 0. The van der Waals surface area contributed by atoms with Gasteiger partial charge in [0.2, 0.25) is 5.91 Å². The minimum Gasteiger partial charge on any atom is -0.497 e. The maximum Gasteiger partial charge on any atom is 0.237 e. The van der Waals surface area contributed by atoms with Crippen molar-refractivity contribution in [1.29, 1.82) is 0 Å². The Morgan fingerprint density at radius 3 is 2.76 bits per heavy atom. The smallest absolute Gasteiger partial charge is 0.237 e. The molecule has 0 bridgehead atoms. The highest BCUT2D eigenvalue weighted by molar-refractivity contribution is 5.85. The number of carbonyl (C=O) groups is 1. The lowest BCUT2D eigenvalue weighted by Gasteiger charge is -2.22. The normalized spacial score (nSPS) is 17.5. The fourth-order valence-electron chi connectivity index (χ4n) is 2.40. The number of methoxy groups -OCH3 is 2. The summed E-state index contributed by atoms with van der Waals surface area (Å²) in [5.41, 5.74) is 0.913. The van der Waals surface area contributed by atoms with Gasteiger partial charge in [-0.25, -0.2) is 0 Å². The van der Waals surface area contributed by atoms with E-state index in [2.05, 4.69) is 10.6 Å². The molecule has 1 aliphatic heterocycles. The second-order valence-electron chi connectivity index (χ2n) is 4.90. The highest BCUT2D eigenvalue weighted by Crippen LogP contribution is 2.23. The summed E-state index contributed by atoms with van der Waals surface area (Å²) < 4.78 is 10.5. The van der Waals surface area contributed by atoms with Crippen molar-refractivity contribution in [2.75, 3.05) is 20.8 Å². The summed E-state index contributed by atoms with van der Waals surface area (Å²) in [6, 6.07) is 5.50. The molecular formula is C15H23ClN2O3. The van der Waals surface area contributed by atoms with Gasteiger partial charge in [0, 0.05) is 12.1 Å². The predicted octanol–water partition coefficient (Wildman–Crippen LogP) is 1.88. The van der Waals surface area contributed by atoms with E-state index in [0.717, 1.165) is 42.9 Å². The summed E-state index contributed by atoms with van der Waals surface area (Å²) in [6.45, 7) is 1.36. The molecule has 0 spiro atoms. The summed E-state index contributed by atoms with van der Waals surface area (Å²) in [5, 5.41) is 6.20. The van der Waals surface area contributed by atoms with Crippen LogP contribution in [0.4, 0.5) is 0 Å². The fourth-order valence-corrected chi connectivity index (χ4v) is 2.40. The fraction of sp³-hybridized carbons (Fsp3) is 0.533. The van der Waals surface area contributed by atoms with Gasteiger partial charge in [0.25, 0.3) is 0 Å². The standard InChI is InChI=1S/C15H22N2O3.ClH/c1-19-12-6-7-14(20-2)11(9-12)10-17-15(18)13-5-3-4-8-16-13;/h6-7,9,13,16H,3-5,8,10H2,1-2H3,(H,17,18);1H/t13-;/m0./s1. The SMILES string of the molecule is COc1ccc(OC)c(CNC(=O)[C@@H]2CCCCN2)c1.Cl. The van der Waals surface area contributed by atoms with E-state index in [1.54, 1.807) is 14.2 Å². The van der Waals surface area contributed by atoms with Crippen molar-refractivity contribution in [1.82, 2.24) is 10.6 Å². The number of piperidine rings is 1. The molecule has 1 aromatic carbocycles. The lowest BCUT2D eigenvalue weighted by atomic mass is 10.0. The topological polar surface area (TPSA) is 59.6 Å². The third kappa shape index (κ3) is 4.79. The number of nitrogens with one attached hydrogen (secondary N) is 2. The number of ether oxygens (including phenoxy) is 2. The molecule has 2 N–H and O–H groups in total. The van der Waals surface area contributed by atoms with Crippen molar-refractivity contribution in [2.24, 2.45) is 0 Å². The molecule has 1 aliphatic rings. The summed E-state index contributed by atoms with van der Waals surface area (Å²) >= 11 is 0. The van der Waals surface area contributed by atoms with Crippen LogP contribution in [0.1, 0.15) is 24.8 Å². The quantitative estimate of drug-likeness (QED) is 0.871. The highest BCUT2D eigenvalue weighted by Gasteiger charge is 2.20. The van der Waals surface area contributed by atoms with Crippen LogP contribution in [-0.4, -0.2) is 32.7 Å². The molecule has 2 rings (SSSR count). The first kappa shape index (κ1) is 17.6. The van der Waals surface area contributed by atoms with Crippen LogP contribution < -0.4 is 20.1 Å². The van der Waals surface area contributed by atoms with Crippen LogP contribution >= 0.6 is 12.4 Å². The Labute approximate surface area is 131 Å². The zero-order valence-corrected chi connectivity index (χ0v) is 13.3. The number of rotatable bonds is 5. The van der Waals surface area contributed by atoms with Gasteiger partial charge in [0.05, 0.1) is 20.3 Å². The van der Waals surface area contributed by atoms with E-state index in [9.17, 15) is 4.79 Å². The summed E-state index contributed by atoms with van der Waals surface area (Å²) in [4.78, 5) is 12.1. The predicted molar refractivity (Wildman–Crippen MR) is 84.3 cm³/mol. The van der Waals surface area contributed by atoms with E-state index in [4.69, 9.17) is 9.47 Å². The van der Waals surface area contributed by atoms with Crippen molar-refractivity contribution in [3.05, 3.63) is 23.8 Å². The van der Waals surface area contributed by atoms with Crippen LogP contribution in [-0.2, 0) is 11.3 Å². The van der Waals surface area contributed by atoms with E-state index in [0.29, 0.717) is 6.54 Å². The van der Waals surface area contributed by atoms with E-state index >= 15 is 0 Å². The molecule has 0 aliphatic carbocycles. The van der Waals surface area contributed by atoms with Gasteiger partial charge in [-0.3, -0.25) is 4.79 Å². The molecule has 5 nitrogen and oxygen atoms in total. The average Bonchev–Trinajstić information content (AvgIpc) is 2.53. The number of hydrogen-bond acceptors (Lipinski definition) is 4. The molecule has 1 atom stereocenters. The van der Waals surface area contributed by atoms with Crippen LogP contribution in [0.5, 0.6) is 11.5 Å². The van der Waals surface area contributed by atoms with Crippen LogP contribution in [0.2, 0.25) is 0 Å². The van der Waals surface area contributed by atoms with Gasteiger partial charge in [-0.2, -0.15) is 0 Å². The lowest BCUT2D eigenvalue weighted by molar-refractivity contribution is -0.123. The molecule has 0 aromatic heterocycles. The first-order valence-corrected chi connectivity index (χ1v) is 6.96. The van der Waals surface area contributed by atoms with E-state index in [1.165, 1.54) is 0 Å². The van der Waals surface area contributed by atoms with Crippen LogP contribution in [0.3, 0.4) is 0 Å². The van der Waals surface area contributed by atoms with Crippen molar-refractivity contribution < 1.29 is 14.3 Å². The third-order valence-electron chi connectivity index (χ3n) is 3.57. The van der Waals surface area contributed by atoms with E-state index < -0.39 is 0 Å². The van der Waals surface area contributed by atoms with E-state index in [-0.39, 0.29) is 24.4 Å². The Morgan fingerprint density at radius 1 is 1.33 bits per heavy atom. The molecule has 1 aromatic rings. The molecule has 118 valence electrons. The monoisotopic (exact) mass is 314 g/mol. The number of amides is 1. The van der Waals surface area contributed by atoms with Gasteiger partial charge < -0.3 is 20.1 Å². The van der Waals surface area contributed by atoms with Gasteiger partial charge in [-0.15, -0.1) is 12.4 Å². The Morgan fingerprint density at radius 2 is 2.14 bits per heavy atom. The zero-order chi connectivity index (χ0) is 14.4. The Balaban J connectivity index is 0.00000220. The molecule has 21 heavy (non-hydrogen) atoms. The van der Waals surface area contributed by atoms with Gasteiger partial charge in [0.1, 0.15) is 11.5 Å². The molecule has 1 amide bonds. The Bertz CT molecular complexity index is 462. The Hall–Kier alpha value is -1.46. The first-order valence-electron chi connectivity index (χ1n) is 6.96. The molecule has 1 saturated heterocycles. The summed E-state index contributed by atoms with van der Waals surface area (Å²) in [6.07, 6.45) is 3.15. The van der Waals surface area contributed by atoms with Crippen molar-refractivity contribution in [3.8, 4) is 11.5 Å². The highest BCUT2D eigenvalue weighted by atomic mass is 35.5. The Kier molecular flexibility index (Phi) is 7.32. The lowest BCUT2D eigenvalue weighted by Crippen LogP contribution is -2.46. The third-order valence-corrected chi connectivity index (χ3v) is 3.57. The van der Waals surface area contributed by atoms with Gasteiger partial charge in [0.15, 0.2) is 0 Å². The maximum absolute atomic E-state index is 12.1. The van der Waals surface area contributed by atoms with Crippen LogP contribution in [0.25, 0.3) is 0 Å². The van der Waals surface area contributed by atoms with Crippen molar-refractivity contribution in [3.63, 3.8) is 0 Å². The summed E-state index contributed by atoms with van der Waals surface area (Å²) in [7, 11) is 3.24. The van der Waals surface area contributed by atoms with Gasteiger partial charge >= 0.3 is 0 Å². The largest absolute Gasteiger partial charge is 0.497 e. The minimum atomic E-state index is -0.0691. The molecule has 1 heterocycles. The van der Waals surface area contributed by atoms with Crippen molar-refractivity contribution in [2.45, 2.75) is 31.8 Å². The number of halogens is 1. The second kappa shape index (κ2) is 8.74. The first-order chi connectivity index (χ1) is 9.74. The molecule has 0 saturated carbocycles. The molecular weight excluding hydrogens is 292 g/mol. The van der Waals surface area contributed by atoms with Gasteiger partial charge in [-0.05, 0) is 37.6 Å². The molecule has 6 heteroatoms. The van der Waals surface area contributed by atoms with E-state index in [1.807, 2.05) is 18.2 Å². The maximum atomic E-state index is 12.1. The van der Waals surface area contributed by atoms with Gasteiger partial charge in [-0.1, -0.05) is 6.42 Å². The zero-order valence-electron chi connectivity index (χ0n) is 12.5. The average molecular weight is 315 g/mol. The van der Waals surface area contributed by atoms with Crippen LogP contribution in [0, 0.1) is 0 Å². The van der Waals surface area contributed by atoms with Crippen LogP contribution in [0.15, 0.2) is 18.2 Å². The molecule has 0 radical (unpaired) electrons. The number of hydrogen-bond donors (Lipinski definition) is 2. The molecule has 1 fully saturated rings. The second-order valence-corrected chi connectivity index (χ2v) is 4.90. The number of benzene rings is 1. The summed E-state index contributed by atoms with van der Waals surface area (Å²) in [5.74, 6) is 1.56. The molecule has 0 unspecified atom stereocenters. The van der Waals surface area contributed by atoms with Crippen molar-refractivity contribution >= 4 is 18.3 Å². The number of carbonyl (C=O) groups excluding carboxylic acids is 1.